The summed E-state index contributed by atoms with van der Waals surface area (Å²) in [4.78, 5) is 12.5. The van der Waals surface area contributed by atoms with Crippen molar-refractivity contribution in [1.82, 2.24) is 15.5 Å². The minimum atomic E-state index is -0.0803. The molecule has 0 spiro atoms. The van der Waals surface area contributed by atoms with Gasteiger partial charge in [0.15, 0.2) is 5.82 Å². The Balaban J connectivity index is 1.79. The van der Waals surface area contributed by atoms with E-state index in [9.17, 15) is 4.79 Å². The largest absolute Gasteiger partial charge is 0.312 e. The smallest absolute Gasteiger partial charge is 0.257 e. The standard InChI is InChI=1S/C16H20N4O/c1-2-4-12-9-15(20-19-12)18-16(21)14-6-3-5-11-10-17-8-7-13(11)14/h3,5-6,9,17H,2,4,7-8,10H2,1H3,(H2,18,19,20,21). The van der Waals surface area contributed by atoms with Crippen LogP contribution in [0.5, 0.6) is 0 Å². The molecular weight excluding hydrogens is 264 g/mol. The predicted molar refractivity (Wildman–Crippen MR) is 82.4 cm³/mol. The van der Waals surface area contributed by atoms with Crippen molar-refractivity contribution in [2.75, 3.05) is 11.9 Å². The number of nitrogens with one attached hydrogen (secondary N) is 3. The number of carbonyl (C=O) groups is 1. The highest BCUT2D eigenvalue weighted by Crippen LogP contribution is 2.20. The number of anilines is 1. The van der Waals surface area contributed by atoms with Crippen LogP contribution >= 0.6 is 0 Å². The summed E-state index contributed by atoms with van der Waals surface area (Å²) in [5, 5.41) is 13.3. The molecule has 0 unspecified atom stereocenters. The van der Waals surface area contributed by atoms with Crippen LogP contribution in [-0.4, -0.2) is 22.6 Å². The number of aromatic amines is 1. The van der Waals surface area contributed by atoms with Crippen LogP contribution in [0.3, 0.4) is 0 Å². The second-order valence-corrected chi connectivity index (χ2v) is 5.35. The van der Waals surface area contributed by atoms with Gasteiger partial charge in [-0.05, 0) is 36.6 Å². The number of H-pyrrole nitrogens is 1. The summed E-state index contributed by atoms with van der Waals surface area (Å²) in [5.74, 6) is 0.512. The molecule has 0 atom stereocenters. The average molecular weight is 284 g/mol. The summed E-state index contributed by atoms with van der Waals surface area (Å²) in [6.07, 6.45) is 2.88. The Morgan fingerprint density at radius 3 is 3.19 bits per heavy atom. The molecule has 0 aliphatic carbocycles. The molecule has 0 bridgehead atoms. The van der Waals surface area contributed by atoms with Gasteiger partial charge in [0.05, 0.1) is 0 Å². The lowest BCUT2D eigenvalue weighted by atomic mass is 9.95. The van der Waals surface area contributed by atoms with Crippen LogP contribution < -0.4 is 10.6 Å². The first-order valence-corrected chi connectivity index (χ1v) is 7.45. The van der Waals surface area contributed by atoms with Crippen molar-refractivity contribution in [3.8, 4) is 0 Å². The van der Waals surface area contributed by atoms with Crippen LogP contribution in [0, 0.1) is 0 Å². The third kappa shape index (κ3) is 2.97. The van der Waals surface area contributed by atoms with Crippen LogP contribution in [-0.2, 0) is 19.4 Å². The molecule has 2 heterocycles. The molecule has 110 valence electrons. The molecule has 3 N–H and O–H groups in total. The van der Waals surface area contributed by atoms with Crippen molar-refractivity contribution >= 4 is 11.7 Å². The normalized spacial score (nSPS) is 13.8. The van der Waals surface area contributed by atoms with E-state index in [1.165, 1.54) is 5.56 Å². The number of aromatic nitrogens is 2. The number of hydrogen-bond donors (Lipinski definition) is 3. The molecule has 21 heavy (non-hydrogen) atoms. The molecule has 0 saturated carbocycles. The lowest BCUT2D eigenvalue weighted by Crippen LogP contribution is -2.26. The number of hydrogen-bond acceptors (Lipinski definition) is 3. The second kappa shape index (κ2) is 6.10. The topological polar surface area (TPSA) is 69.8 Å². The van der Waals surface area contributed by atoms with Gasteiger partial charge in [0.1, 0.15) is 0 Å². The van der Waals surface area contributed by atoms with Crippen molar-refractivity contribution in [2.24, 2.45) is 0 Å². The van der Waals surface area contributed by atoms with E-state index in [2.05, 4.69) is 33.8 Å². The molecule has 1 aliphatic heterocycles. The summed E-state index contributed by atoms with van der Waals surface area (Å²) in [7, 11) is 0. The van der Waals surface area contributed by atoms with E-state index < -0.39 is 0 Å². The van der Waals surface area contributed by atoms with Crippen molar-refractivity contribution < 1.29 is 4.79 Å². The maximum Gasteiger partial charge on any atom is 0.257 e. The van der Waals surface area contributed by atoms with E-state index in [0.29, 0.717) is 5.82 Å². The Morgan fingerprint density at radius 2 is 2.33 bits per heavy atom. The van der Waals surface area contributed by atoms with E-state index in [4.69, 9.17) is 0 Å². The Hall–Kier alpha value is -2.14. The Kier molecular flexibility index (Phi) is 4.01. The lowest BCUT2D eigenvalue weighted by Gasteiger charge is -2.19. The quantitative estimate of drug-likeness (QED) is 0.806. The van der Waals surface area contributed by atoms with Gasteiger partial charge in [-0.1, -0.05) is 25.5 Å². The monoisotopic (exact) mass is 284 g/mol. The fraction of sp³-hybridized carbons (Fsp3) is 0.375. The van der Waals surface area contributed by atoms with Crippen molar-refractivity contribution in [3.05, 3.63) is 46.6 Å². The van der Waals surface area contributed by atoms with Gasteiger partial charge in [-0.25, -0.2) is 0 Å². The molecular formula is C16H20N4O. The fourth-order valence-corrected chi connectivity index (χ4v) is 2.75. The van der Waals surface area contributed by atoms with Crippen LogP contribution in [0.25, 0.3) is 0 Å². The SMILES string of the molecule is CCCc1cc(NC(=O)c2cccc3c2CCNC3)n[nH]1. The molecule has 5 heteroatoms. The number of carbonyl (C=O) groups excluding carboxylic acids is 1. The van der Waals surface area contributed by atoms with Crippen LogP contribution in [0.15, 0.2) is 24.3 Å². The zero-order valence-corrected chi connectivity index (χ0v) is 12.2. The minimum absolute atomic E-state index is 0.0803. The molecule has 0 fully saturated rings. The summed E-state index contributed by atoms with van der Waals surface area (Å²) < 4.78 is 0. The number of aryl methyl sites for hydroxylation is 1. The third-order valence-electron chi connectivity index (χ3n) is 3.78. The van der Waals surface area contributed by atoms with Gasteiger partial charge in [0, 0.05) is 23.9 Å². The molecule has 3 rings (SSSR count). The van der Waals surface area contributed by atoms with Gasteiger partial charge in [-0.15, -0.1) is 0 Å². The zero-order valence-electron chi connectivity index (χ0n) is 12.2. The fourth-order valence-electron chi connectivity index (χ4n) is 2.75. The third-order valence-corrected chi connectivity index (χ3v) is 3.78. The number of nitrogens with zero attached hydrogens (tertiary/aromatic N) is 1. The molecule has 5 nitrogen and oxygen atoms in total. The van der Waals surface area contributed by atoms with Gasteiger partial charge >= 0.3 is 0 Å². The van der Waals surface area contributed by atoms with Crippen molar-refractivity contribution in [3.63, 3.8) is 0 Å². The Bertz CT molecular complexity index is 647. The molecule has 1 aromatic carbocycles. The number of benzene rings is 1. The van der Waals surface area contributed by atoms with Crippen molar-refractivity contribution in [2.45, 2.75) is 32.7 Å². The van der Waals surface area contributed by atoms with E-state index in [1.54, 1.807) is 0 Å². The summed E-state index contributed by atoms with van der Waals surface area (Å²) >= 11 is 0. The summed E-state index contributed by atoms with van der Waals surface area (Å²) in [5.41, 5.74) is 4.17. The highest BCUT2D eigenvalue weighted by atomic mass is 16.1. The maximum absolute atomic E-state index is 12.5. The average Bonchev–Trinajstić information content (AvgIpc) is 2.94. The number of amides is 1. The van der Waals surface area contributed by atoms with E-state index >= 15 is 0 Å². The predicted octanol–water partition coefficient (Wildman–Crippen LogP) is 2.26. The molecule has 0 radical (unpaired) electrons. The van der Waals surface area contributed by atoms with E-state index in [1.807, 2.05) is 18.2 Å². The minimum Gasteiger partial charge on any atom is -0.312 e. The first-order valence-electron chi connectivity index (χ1n) is 7.45. The second-order valence-electron chi connectivity index (χ2n) is 5.35. The first-order chi connectivity index (χ1) is 10.3. The molecule has 0 saturated heterocycles. The zero-order chi connectivity index (χ0) is 14.7. The van der Waals surface area contributed by atoms with Gasteiger partial charge in [-0.3, -0.25) is 9.89 Å². The van der Waals surface area contributed by atoms with E-state index in [-0.39, 0.29) is 5.91 Å². The molecule has 2 aromatic rings. The number of fused-ring (bicyclic) bond motifs is 1. The van der Waals surface area contributed by atoms with Crippen molar-refractivity contribution in [1.29, 1.82) is 0 Å². The highest BCUT2D eigenvalue weighted by molar-refractivity contribution is 6.05. The van der Waals surface area contributed by atoms with Crippen LogP contribution in [0.2, 0.25) is 0 Å². The Morgan fingerprint density at radius 1 is 1.43 bits per heavy atom. The van der Waals surface area contributed by atoms with Gasteiger partial charge in [0.25, 0.3) is 5.91 Å². The number of rotatable bonds is 4. The Labute approximate surface area is 124 Å². The van der Waals surface area contributed by atoms with E-state index in [0.717, 1.165) is 49.2 Å². The first kappa shape index (κ1) is 13.8. The molecule has 1 aliphatic rings. The van der Waals surface area contributed by atoms with Crippen LogP contribution in [0.1, 0.15) is 40.5 Å². The van der Waals surface area contributed by atoms with Gasteiger partial charge < -0.3 is 10.6 Å². The van der Waals surface area contributed by atoms with Gasteiger partial charge in [0.2, 0.25) is 0 Å². The maximum atomic E-state index is 12.5. The summed E-state index contributed by atoms with van der Waals surface area (Å²) in [6.45, 7) is 3.86. The molecule has 1 aromatic heterocycles. The highest BCUT2D eigenvalue weighted by Gasteiger charge is 2.17. The lowest BCUT2D eigenvalue weighted by molar-refractivity contribution is 0.102. The van der Waals surface area contributed by atoms with Crippen LogP contribution in [0.4, 0.5) is 5.82 Å². The molecule has 1 amide bonds. The van der Waals surface area contributed by atoms with Gasteiger partial charge in [-0.2, -0.15) is 5.10 Å². The summed E-state index contributed by atoms with van der Waals surface area (Å²) in [6, 6.07) is 7.80.